The summed E-state index contributed by atoms with van der Waals surface area (Å²) >= 11 is 0. The van der Waals surface area contributed by atoms with Crippen LogP contribution in [0.3, 0.4) is 0 Å². The van der Waals surface area contributed by atoms with Crippen LogP contribution in [0.4, 0.5) is 5.82 Å². The molecular formula is C26H30N8O. The highest BCUT2D eigenvalue weighted by molar-refractivity contribution is 6.05. The van der Waals surface area contributed by atoms with Gasteiger partial charge in [0.2, 0.25) is 0 Å². The minimum atomic E-state index is 0.0634. The Morgan fingerprint density at radius 2 is 1.83 bits per heavy atom. The predicted molar refractivity (Wildman–Crippen MR) is 135 cm³/mol. The third kappa shape index (κ3) is 4.10. The Balaban J connectivity index is 1.19. The van der Waals surface area contributed by atoms with E-state index in [2.05, 4.69) is 33.8 Å². The number of hydrogen-bond acceptors (Lipinski definition) is 7. The number of aromatic nitrogens is 5. The van der Waals surface area contributed by atoms with Gasteiger partial charge in [0.15, 0.2) is 5.65 Å². The maximum atomic E-state index is 13.6. The van der Waals surface area contributed by atoms with E-state index >= 15 is 0 Å². The van der Waals surface area contributed by atoms with Crippen molar-refractivity contribution in [3.63, 3.8) is 0 Å². The van der Waals surface area contributed by atoms with Gasteiger partial charge in [0.25, 0.3) is 5.91 Å². The number of hydrogen-bond donors (Lipinski definition) is 1. The van der Waals surface area contributed by atoms with E-state index in [4.69, 9.17) is 10.7 Å². The van der Waals surface area contributed by atoms with Crippen LogP contribution < -0.4 is 5.73 Å². The van der Waals surface area contributed by atoms with Crippen LogP contribution >= 0.6 is 0 Å². The van der Waals surface area contributed by atoms with E-state index in [1.807, 2.05) is 39.9 Å². The number of pyridine rings is 1. The van der Waals surface area contributed by atoms with Crippen molar-refractivity contribution in [1.82, 2.24) is 34.5 Å². The van der Waals surface area contributed by atoms with Crippen LogP contribution in [0.25, 0.3) is 21.9 Å². The molecular weight excluding hydrogens is 440 g/mol. The number of anilines is 1. The molecule has 4 heterocycles. The van der Waals surface area contributed by atoms with Crippen LogP contribution in [0, 0.1) is 0 Å². The zero-order valence-electron chi connectivity index (χ0n) is 20.2. The molecule has 1 aliphatic carbocycles. The lowest BCUT2D eigenvalue weighted by Gasteiger charge is -2.34. The van der Waals surface area contributed by atoms with Crippen LogP contribution in [0.1, 0.15) is 60.5 Å². The first kappa shape index (κ1) is 21.9. The molecule has 6 rings (SSSR count). The Kier molecular flexibility index (Phi) is 5.36. The molecule has 2 fully saturated rings. The van der Waals surface area contributed by atoms with Gasteiger partial charge in [-0.25, -0.2) is 19.6 Å². The van der Waals surface area contributed by atoms with Gasteiger partial charge in [-0.3, -0.25) is 9.69 Å². The summed E-state index contributed by atoms with van der Waals surface area (Å²) in [7, 11) is 0. The molecule has 0 atom stereocenters. The van der Waals surface area contributed by atoms with E-state index in [9.17, 15) is 4.79 Å². The number of rotatable bonds is 5. The van der Waals surface area contributed by atoms with Crippen LogP contribution in [-0.4, -0.2) is 66.6 Å². The fraction of sp³-hybridized carbons (Fsp3) is 0.423. The van der Waals surface area contributed by atoms with Gasteiger partial charge in [0.05, 0.1) is 29.2 Å². The van der Waals surface area contributed by atoms with E-state index in [-0.39, 0.29) is 11.9 Å². The van der Waals surface area contributed by atoms with E-state index in [1.54, 1.807) is 6.20 Å². The van der Waals surface area contributed by atoms with Crippen molar-refractivity contribution in [2.75, 3.05) is 31.9 Å². The van der Waals surface area contributed by atoms with Crippen molar-refractivity contribution in [3.05, 3.63) is 53.6 Å². The molecule has 1 amide bonds. The van der Waals surface area contributed by atoms with Crippen LogP contribution in [-0.2, 0) is 6.54 Å². The molecule has 35 heavy (non-hydrogen) atoms. The minimum Gasteiger partial charge on any atom is -0.383 e. The zero-order chi connectivity index (χ0) is 24.1. The van der Waals surface area contributed by atoms with Gasteiger partial charge in [0.1, 0.15) is 11.6 Å². The largest absolute Gasteiger partial charge is 0.383 e. The predicted octanol–water partition coefficient (Wildman–Crippen LogP) is 3.37. The van der Waals surface area contributed by atoms with E-state index in [0.29, 0.717) is 37.2 Å². The van der Waals surface area contributed by atoms with Gasteiger partial charge in [0, 0.05) is 49.2 Å². The first-order valence-electron chi connectivity index (χ1n) is 12.4. The minimum absolute atomic E-state index is 0.0634. The molecule has 1 aliphatic heterocycles. The normalized spacial score (nSPS) is 17.1. The number of nitrogens with zero attached hydrogens (tertiary/aromatic N) is 7. The number of nitrogen functional groups attached to an aromatic ring is 1. The smallest absolute Gasteiger partial charge is 0.254 e. The zero-order valence-corrected chi connectivity index (χ0v) is 20.2. The third-order valence-corrected chi connectivity index (χ3v) is 7.01. The second-order valence-electron chi connectivity index (χ2n) is 9.90. The number of piperazine rings is 1. The molecule has 4 aromatic rings. The molecule has 0 bridgehead atoms. The molecule has 9 heteroatoms. The van der Waals surface area contributed by atoms with E-state index < -0.39 is 0 Å². The lowest BCUT2D eigenvalue weighted by molar-refractivity contribution is 0.0627. The lowest BCUT2D eigenvalue weighted by atomic mass is 10.1. The summed E-state index contributed by atoms with van der Waals surface area (Å²) in [6.45, 7) is 7.62. The van der Waals surface area contributed by atoms with Gasteiger partial charge < -0.3 is 10.6 Å². The van der Waals surface area contributed by atoms with E-state index in [0.717, 1.165) is 59.1 Å². The van der Waals surface area contributed by atoms with Crippen LogP contribution in [0.15, 0.2) is 36.5 Å². The van der Waals surface area contributed by atoms with Crippen LogP contribution in [0.5, 0.6) is 0 Å². The number of nitrogens with two attached hydrogens (primary N) is 1. The second kappa shape index (κ2) is 8.57. The highest BCUT2D eigenvalue weighted by atomic mass is 16.2. The molecule has 0 unspecified atom stereocenters. The molecule has 0 radical (unpaired) electrons. The fourth-order valence-corrected chi connectivity index (χ4v) is 4.88. The van der Waals surface area contributed by atoms with Gasteiger partial charge in [-0.15, -0.1) is 0 Å². The van der Waals surface area contributed by atoms with Crippen molar-refractivity contribution < 1.29 is 4.79 Å². The van der Waals surface area contributed by atoms with Crippen LogP contribution in [0.2, 0.25) is 0 Å². The van der Waals surface area contributed by atoms with Crippen molar-refractivity contribution in [2.45, 2.75) is 45.2 Å². The number of amides is 1. The summed E-state index contributed by atoms with van der Waals surface area (Å²) in [6, 6.07) is 9.99. The Hall–Kier alpha value is -3.59. The molecule has 0 spiro atoms. The number of fused-ring (bicyclic) bond motifs is 2. The average Bonchev–Trinajstić information content (AvgIpc) is 3.62. The van der Waals surface area contributed by atoms with Gasteiger partial charge in [-0.1, -0.05) is 12.1 Å². The number of carbonyl (C=O) groups excluding carboxylic acids is 1. The summed E-state index contributed by atoms with van der Waals surface area (Å²) in [5.41, 5.74) is 9.58. The quantitative estimate of drug-likeness (QED) is 0.477. The molecule has 1 saturated carbocycles. The SMILES string of the molecule is CC(C)n1ncc2c(C(=O)N3CCN(Cc4nc(N)c5ccccc5n4)CC3)cc(C3CC3)nc21. The molecule has 2 N–H and O–H groups in total. The number of carbonyl (C=O) groups is 1. The standard InChI is InChI=1S/C26H30N8O/c1-16(2)34-25-20(14-28-34)19(13-22(30-25)17-7-8-17)26(35)33-11-9-32(10-12-33)15-23-29-21-6-4-3-5-18(21)24(27)31-23/h3-6,13-14,16-17H,7-12,15H2,1-2H3,(H2,27,29,31). The molecule has 2 aliphatic rings. The first-order chi connectivity index (χ1) is 17.0. The first-order valence-corrected chi connectivity index (χ1v) is 12.4. The highest BCUT2D eigenvalue weighted by Crippen LogP contribution is 2.40. The number of para-hydroxylation sites is 1. The molecule has 180 valence electrons. The molecule has 1 saturated heterocycles. The molecule has 1 aromatic carbocycles. The van der Waals surface area contributed by atoms with E-state index in [1.165, 1.54) is 0 Å². The Morgan fingerprint density at radius 3 is 2.57 bits per heavy atom. The van der Waals surface area contributed by atoms with Gasteiger partial charge in [-0.05, 0) is 44.9 Å². The number of benzene rings is 1. The van der Waals surface area contributed by atoms with Crippen molar-refractivity contribution in [1.29, 1.82) is 0 Å². The topological polar surface area (TPSA) is 106 Å². The second-order valence-corrected chi connectivity index (χ2v) is 9.90. The fourth-order valence-electron chi connectivity index (χ4n) is 4.88. The Labute approximate surface area is 204 Å². The summed E-state index contributed by atoms with van der Waals surface area (Å²) in [5.74, 6) is 1.75. The summed E-state index contributed by atoms with van der Waals surface area (Å²) in [4.78, 5) is 32.0. The van der Waals surface area contributed by atoms with Crippen molar-refractivity contribution >= 4 is 33.7 Å². The Morgan fingerprint density at radius 1 is 1.06 bits per heavy atom. The summed E-state index contributed by atoms with van der Waals surface area (Å²) < 4.78 is 1.92. The van der Waals surface area contributed by atoms with Gasteiger partial charge in [-0.2, -0.15) is 5.10 Å². The Bertz CT molecular complexity index is 1420. The van der Waals surface area contributed by atoms with Gasteiger partial charge >= 0.3 is 0 Å². The summed E-state index contributed by atoms with van der Waals surface area (Å²) in [6.07, 6.45) is 4.08. The monoisotopic (exact) mass is 470 g/mol. The van der Waals surface area contributed by atoms with Crippen molar-refractivity contribution in [3.8, 4) is 0 Å². The third-order valence-electron chi connectivity index (χ3n) is 7.01. The maximum Gasteiger partial charge on any atom is 0.254 e. The van der Waals surface area contributed by atoms with Crippen molar-refractivity contribution in [2.24, 2.45) is 0 Å². The summed E-state index contributed by atoms with van der Waals surface area (Å²) in [5, 5.41) is 6.26. The lowest BCUT2D eigenvalue weighted by Crippen LogP contribution is -2.48. The molecule has 9 nitrogen and oxygen atoms in total. The average molecular weight is 471 g/mol. The molecule has 3 aromatic heterocycles. The maximum absolute atomic E-state index is 13.6. The highest BCUT2D eigenvalue weighted by Gasteiger charge is 2.30.